The van der Waals surface area contributed by atoms with E-state index in [1.807, 2.05) is 0 Å². The molecule has 67 heavy (non-hydrogen) atoms. The van der Waals surface area contributed by atoms with Crippen LogP contribution in [-0.4, -0.2) is 0 Å². The summed E-state index contributed by atoms with van der Waals surface area (Å²) in [6.07, 6.45) is 8.03. The molecule has 0 saturated heterocycles. The van der Waals surface area contributed by atoms with Crippen LogP contribution in [0.2, 0.25) is 0 Å². The van der Waals surface area contributed by atoms with Gasteiger partial charge in [-0.15, -0.1) is 0 Å². The third kappa shape index (κ3) is 6.32. The molecule has 2 unspecified atom stereocenters. The highest BCUT2D eigenvalue weighted by molar-refractivity contribution is 6.10. The summed E-state index contributed by atoms with van der Waals surface area (Å²) >= 11 is 0. The van der Waals surface area contributed by atoms with Gasteiger partial charge < -0.3 is 9.32 Å². The van der Waals surface area contributed by atoms with Crippen LogP contribution in [-0.2, 0) is 5.41 Å². The van der Waals surface area contributed by atoms with Gasteiger partial charge in [-0.05, 0) is 134 Å². The summed E-state index contributed by atoms with van der Waals surface area (Å²) in [5, 5.41) is 4.69. The molecule has 2 aliphatic rings. The van der Waals surface area contributed by atoms with Gasteiger partial charge in [-0.3, -0.25) is 0 Å². The molecule has 0 spiro atoms. The standard InChI is InChI=1S/C65H47NO/c1-4-17-44(18-5-1)45-31-33-48(34-32-45)63-53-24-11-10-19-46(53)37-41-54(63)47-35-38-51(39-36-47)66(61-29-16-27-58-57-26-13-15-30-62(57)67-64(58)61)52-40-42-56-55-25-12-14-28-59(55)65(60(56)43-52,49-20-6-2-7-21-49)50-22-8-3-9-23-50/h1-8,10-21,24-43,50H,9,22-23H2. The first-order chi connectivity index (χ1) is 33.2. The molecule has 2 atom stereocenters. The summed E-state index contributed by atoms with van der Waals surface area (Å²) in [5.74, 6) is 0.398. The van der Waals surface area contributed by atoms with Crippen LogP contribution < -0.4 is 4.90 Å². The Morgan fingerprint density at radius 2 is 1.07 bits per heavy atom. The fourth-order valence-electron chi connectivity index (χ4n) is 11.7. The lowest BCUT2D eigenvalue weighted by atomic mass is 9.61. The zero-order valence-corrected chi connectivity index (χ0v) is 37.1. The molecule has 13 rings (SSSR count). The highest BCUT2D eigenvalue weighted by Crippen LogP contribution is 2.60. The van der Waals surface area contributed by atoms with Gasteiger partial charge in [0.15, 0.2) is 5.58 Å². The van der Waals surface area contributed by atoms with Crippen molar-refractivity contribution in [1.82, 2.24) is 0 Å². The minimum Gasteiger partial charge on any atom is -0.454 e. The first-order valence-corrected chi connectivity index (χ1v) is 23.7. The van der Waals surface area contributed by atoms with E-state index in [4.69, 9.17) is 4.42 Å². The quantitative estimate of drug-likeness (QED) is 0.142. The number of para-hydroxylation sites is 2. The summed E-state index contributed by atoms with van der Waals surface area (Å²) in [4.78, 5) is 2.43. The minimum atomic E-state index is -0.319. The Balaban J connectivity index is 1.00. The molecule has 0 amide bonds. The van der Waals surface area contributed by atoms with Gasteiger partial charge in [-0.1, -0.05) is 206 Å². The molecule has 0 radical (unpaired) electrons. The first-order valence-electron chi connectivity index (χ1n) is 23.7. The fraction of sp³-hybridized carbons (Fsp3) is 0.0769. The van der Waals surface area contributed by atoms with Crippen LogP contribution in [0.4, 0.5) is 17.1 Å². The Morgan fingerprint density at radius 3 is 1.90 bits per heavy atom. The number of allylic oxidation sites excluding steroid dienone is 2. The smallest absolute Gasteiger partial charge is 0.159 e. The van der Waals surface area contributed by atoms with Crippen molar-refractivity contribution < 1.29 is 4.42 Å². The van der Waals surface area contributed by atoms with Gasteiger partial charge in [0.1, 0.15) is 5.58 Å². The number of anilines is 3. The summed E-state index contributed by atoms with van der Waals surface area (Å²) in [6.45, 7) is 0. The lowest BCUT2D eigenvalue weighted by Gasteiger charge is -2.42. The maximum absolute atomic E-state index is 6.84. The molecule has 0 saturated carbocycles. The van der Waals surface area contributed by atoms with Crippen LogP contribution in [0.15, 0.2) is 247 Å². The molecule has 11 aromatic rings. The van der Waals surface area contributed by atoms with Crippen molar-refractivity contribution in [2.24, 2.45) is 5.92 Å². The monoisotopic (exact) mass is 857 g/mol. The van der Waals surface area contributed by atoms with E-state index >= 15 is 0 Å². The van der Waals surface area contributed by atoms with Gasteiger partial charge in [0.05, 0.1) is 5.69 Å². The number of furan rings is 1. The number of nitrogens with zero attached hydrogens (tertiary/aromatic N) is 1. The zero-order valence-electron chi connectivity index (χ0n) is 37.1. The number of benzene rings is 10. The topological polar surface area (TPSA) is 16.4 Å². The zero-order chi connectivity index (χ0) is 44.3. The molecule has 2 heteroatoms. The molecule has 0 aliphatic heterocycles. The van der Waals surface area contributed by atoms with Crippen LogP contribution in [0.3, 0.4) is 0 Å². The van der Waals surface area contributed by atoms with Gasteiger partial charge in [-0.2, -0.15) is 0 Å². The second-order valence-electron chi connectivity index (χ2n) is 18.2. The van der Waals surface area contributed by atoms with Crippen molar-refractivity contribution in [3.05, 3.63) is 259 Å². The lowest BCUT2D eigenvalue weighted by Crippen LogP contribution is -2.36. The number of hydrogen-bond donors (Lipinski definition) is 0. The predicted molar refractivity (Wildman–Crippen MR) is 280 cm³/mol. The van der Waals surface area contributed by atoms with E-state index in [2.05, 4.69) is 248 Å². The Morgan fingerprint density at radius 1 is 0.433 bits per heavy atom. The molecule has 0 N–H and O–H groups in total. The number of hydrogen-bond acceptors (Lipinski definition) is 2. The van der Waals surface area contributed by atoms with Crippen LogP contribution in [0, 0.1) is 5.92 Å². The van der Waals surface area contributed by atoms with E-state index in [0.717, 1.165) is 63.8 Å². The molecular formula is C65H47NO. The molecule has 1 aromatic heterocycles. The number of fused-ring (bicyclic) bond motifs is 7. The van der Waals surface area contributed by atoms with E-state index in [0.29, 0.717) is 5.92 Å². The van der Waals surface area contributed by atoms with Crippen molar-refractivity contribution in [3.8, 4) is 44.5 Å². The molecule has 1 heterocycles. The highest BCUT2D eigenvalue weighted by atomic mass is 16.3. The molecule has 0 fully saturated rings. The fourth-order valence-corrected chi connectivity index (χ4v) is 11.7. The van der Waals surface area contributed by atoms with Gasteiger partial charge in [0, 0.05) is 27.6 Å². The molecule has 10 aromatic carbocycles. The van der Waals surface area contributed by atoms with Gasteiger partial charge in [0.25, 0.3) is 0 Å². The molecule has 0 bridgehead atoms. The SMILES string of the molecule is C1=CCC(C2(c3ccccc3)c3ccccc3-c3ccc(N(c4ccc(-c5ccc6ccccc6c5-c5ccc(-c6ccccc6)cc5)cc4)c4cccc5c4oc4ccccc45)cc32)CC1. The maximum atomic E-state index is 6.84. The lowest BCUT2D eigenvalue weighted by molar-refractivity contribution is 0.349. The van der Waals surface area contributed by atoms with E-state index in [1.165, 1.54) is 66.4 Å². The van der Waals surface area contributed by atoms with E-state index in [-0.39, 0.29) is 5.41 Å². The van der Waals surface area contributed by atoms with Crippen molar-refractivity contribution in [2.75, 3.05) is 4.90 Å². The molecular weight excluding hydrogens is 811 g/mol. The van der Waals surface area contributed by atoms with Gasteiger partial charge in [-0.25, -0.2) is 0 Å². The average molecular weight is 858 g/mol. The van der Waals surface area contributed by atoms with Crippen molar-refractivity contribution in [3.63, 3.8) is 0 Å². The Hall–Kier alpha value is -8.20. The Labute approximate surface area is 391 Å². The highest BCUT2D eigenvalue weighted by Gasteiger charge is 2.49. The second kappa shape index (κ2) is 16.0. The largest absolute Gasteiger partial charge is 0.454 e. The Bertz CT molecular complexity index is 3660. The molecule has 318 valence electrons. The summed E-state index contributed by atoms with van der Waals surface area (Å²) < 4.78 is 6.84. The molecule has 2 aliphatic carbocycles. The van der Waals surface area contributed by atoms with Crippen molar-refractivity contribution in [1.29, 1.82) is 0 Å². The van der Waals surface area contributed by atoms with E-state index < -0.39 is 0 Å². The second-order valence-corrected chi connectivity index (χ2v) is 18.2. The third-order valence-electron chi connectivity index (χ3n) is 14.7. The van der Waals surface area contributed by atoms with Crippen LogP contribution in [0.25, 0.3) is 77.2 Å². The summed E-state index contributed by atoms with van der Waals surface area (Å²) in [6, 6.07) is 84.9. The first kappa shape index (κ1) is 39.2. The van der Waals surface area contributed by atoms with Crippen LogP contribution in [0.1, 0.15) is 36.0 Å². The summed E-state index contributed by atoms with van der Waals surface area (Å²) in [5.41, 5.74) is 18.6. The van der Waals surface area contributed by atoms with Crippen LogP contribution >= 0.6 is 0 Å². The van der Waals surface area contributed by atoms with Gasteiger partial charge in [0.2, 0.25) is 0 Å². The molecule has 2 nitrogen and oxygen atoms in total. The Kier molecular flexibility index (Phi) is 9.39. The van der Waals surface area contributed by atoms with Crippen molar-refractivity contribution in [2.45, 2.75) is 24.7 Å². The predicted octanol–water partition coefficient (Wildman–Crippen LogP) is 17.9. The van der Waals surface area contributed by atoms with E-state index in [1.54, 1.807) is 0 Å². The average Bonchev–Trinajstić information content (AvgIpc) is 3.94. The van der Waals surface area contributed by atoms with Crippen molar-refractivity contribution >= 4 is 49.8 Å². The van der Waals surface area contributed by atoms with E-state index in [9.17, 15) is 0 Å². The van der Waals surface area contributed by atoms with Crippen LogP contribution in [0.5, 0.6) is 0 Å². The van der Waals surface area contributed by atoms with Gasteiger partial charge >= 0.3 is 0 Å². The third-order valence-corrected chi connectivity index (χ3v) is 14.7. The summed E-state index contributed by atoms with van der Waals surface area (Å²) in [7, 11) is 0. The maximum Gasteiger partial charge on any atom is 0.159 e. The minimum absolute atomic E-state index is 0.319. The number of rotatable bonds is 8. The normalized spacial score (nSPS) is 16.3.